The van der Waals surface area contributed by atoms with Crippen LogP contribution in [0.25, 0.3) is 0 Å². The molecule has 0 fully saturated rings. The van der Waals surface area contributed by atoms with Crippen LogP contribution in [0.5, 0.6) is 0 Å². The summed E-state index contributed by atoms with van der Waals surface area (Å²) in [7, 11) is 2.16. The lowest BCUT2D eigenvalue weighted by molar-refractivity contribution is 0.321. The van der Waals surface area contributed by atoms with Crippen LogP contribution in [0, 0.1) is 0 Å². The van der Waals surface area contributed by atoms with Crippen LogP contribution in [-0.2, 0) is 0 Å². The van der Waals surface area contributed by atoms with Crippen LogP contribution in [0.15, 0.2) is 24.3 Å². The minimum Gasteiger partial charge on any atom is -0.310 e. The molecule has 1 aromatic rings. The van der Waals surface area contributed by atoms with E-state index in [1.54, 1.807) is 0 Å². The highest BCUT2D eigenvalue weighted by molar-refractivity contribution is 6.31. The first-order valence-corrected chi connectivity index (χ1v) is 7.23. The third-order valence-corrected chi connectivity index (χ3v) is 3.60. The Morgan fingerprint density at radius 3 is 2.61 bits per heavy atom. The first-order valence-electron chi connectivity index (χ1n) is 6.85. The van der Waals surface area contributed by atoms with Crippen molar-refractivity contribution in [2.45, 2.75) is 32.7 Å². The van der Waals surface area contributed by atoms with E-state index in [-0.39, 0.29) is 0 Å². The maximum atomic E-state index is 6.29. The Labute approximate surface area is 116 Å². The summed E-state index contributed by atoms with van der Waals surface area (Å²) in [6, 6.07) is 8.50. The van der Waals surface area contributed by atoms with E-state index in [2.05, 4.69) is 43.2 Å². The molecule has 1 N–H and O–H groups in total. The average molecular weight is 269 g/mol. The molecule has 0 aliphatic rings. The second kappa shape index (κ2) is 8.52. The fraction of sp³-hybridized carbons (Fsp3) is 0.600. The van der Waals surface area contributed by atoms with Gasteiger partial charge < -0.3 is 10.2 Å². The summed E-state index contributed by atoms with van der Waals surface area (Å²) in [5.41, 5.74) is 1.22. The van der Waals surface area contributed by atoms with E-state index in [9.17, 15) is 0 Å². The van der Waals surface area contributed by atoms with Crippen molar-refractivity contribution in [1.82, 2.24) is 10.2 Å². The number of nitrogens with one attached hydrogen (secondary N) is 1. The molecule has 1 rings (SSSR count). The van der Waals surface area contributed by atoms with Crippen LogP contribution in [-0.4, -0.2) is 31.6 Å². The maximum absolute atomic E-state index is 6.29. The van der Waals surface area contributed by atoms with Gasteiger partial charge in [-0.05, 0) is 51.2 Å². The van der Waals surface area contributed by atoms with Crippen molar-refractivity contribution >= 4 is 11.6 Å². The smallest absolute Gasteiger partial charge is 0.0453 e. The zero-order valence-electron chi connectivity index (χ0n) is 11.7. The van der Waals surface area contributed by atoms with Crippen LogP contribution in [0.3, 0.4) is 0 Å². The molecule has 0 heterocycles. The normalized spacial score (nSPS) is 12.9. The molecule has 2 nitrogen and oxygen atoms in total. The predicted octanol–water partition coefficient (Wildman–Crippen LogP) is 3.72. The highest BCUT2D eigenvalue weighted by atomic mass is 35.5. The van der Waals surface area contributed by atoms with E-state index in [0.717, 1.165) is 37.5 Å². The number of halogens is 1. The fourth-order valence-corrected chi connectivity index (χ4v) is 2.22. The molecule has 0 aliphatic heterocycles. The summed E-state index contributed by atoms with van der Waals surface area (Å²) in [6.07, 6.45) is 2.23. The summed E-state index contributed by atoms with van der Waals surface area (Å²) in [5, 5.41) is 4.46. The summed E-state index contributed by atoms with van der Waals surface area (Å²) in [5.74, 6) is 0. The third kappa shape index (κ3) is 4.97. The van der Waals surface area contributed by atoms with Crippen molar-refractivity contribution < 1.29 is 0 Å². The Kier molecular flexibility index (Phi) is 7.33. The highest BCUT2D eigenvalue weighted by Crippen LogP contribution is 2.25. The number of hydrogen-bond acceptors (Lipinski definition) is 2. The van der Waals surface area contributed by atoms with Gasteiger partial charge in [-0.3, -0.25) is 0 Å². The van der Waals surface area contributed by atoms with Gasteiger partial charge >= 0.3 is 0 Å². The Balaban J connectivity index is 2.68. The number of nitrogens with zero attached hydrogens (tertiary/aromatic N) is 1. The second-order valence-corrected chi connectivity index (χ2v) is 5.12. The van der Waals surface area contributed by atoms with Crippen molar-refractivity contribution in [3.05, 3.63) is 34.9 Å². The molecule has 0 spiro atoms. The molecule has 1 atom stereocenters. The lowest BCUT2D eigenvalue weighted by atomic mass is 10.0. The second-order valence-electron chi connectivity index (χ2n) is 4.71. The van der Waals surface area contributed by atoms with E-state index in [1.165, 1.54) is 5.56 Å². The topological polar surface area (TPSA) is 15.3 Å². The minimum absolute atomic E-state index is 0.354. The van der Waals surface area contributed by atoms with Gasteiger partial charge in [-0.2, -0.15) is 0 Å². The van der Waals surface area contributed by atoms with Crippen LogP contribution in [0.1, 0.15) is 38.3 Å². The highest BCUT2D eigenvalue weighted by Gasteiger charge is 2.13. The Morgan fingerprint density at radius 2 is 2.00 bits per heavy atom. The molecule has 0 amide bonds. The zero-order valence-corrected chi connectivity index (χ0v) is 12.5. The molecule has 0 aromatic heterocycles. The molecular weight excluding hydrogens is 244 g/mol. The molecule has 0 radical (unpaired) electrons. The maximum Gasteiger partial charge on any atom is 0.0453 e. The van der Waals surface area contributed by atoms with Gasteiger partial charge in [0.15, 0.2) is 0 Å². The molecule has 102 valence electrons. The molecule has 0 aliphatic carbocycles. The Hall–Kier alpha value is -0.570. The molecule has 18 heavy (non-hydrogen) atoms. The first-order chi connectivity index (χ1) is 8.69. The van der Waals surface area contributed by atoms with E-state index in [4.69, 9.17) is 11.6 Å². The van der Waals surface area contributed by atoms with Crippen molar-refractivity contribution in [3.8, 4) is 0 Å². The van der Waals surface area contributed by atoms with Gasteiger partial charge in [0.05, 0.1) is 0 Å². The summed E-state index contributed by atoms with van der Waals surface area (Å²) in [4.78, 5) is 2.33. The fourth-order valence-electron chi connectivity index (χ4n) is 1.95. The molecule has 0 saturated heterocycles. The summed E-state index contributed by atoms with van der Waals surface area (Å²) < 4.78 is 0. The van der Waals surface area contributed by atoms with Crippen LogP contribution >= 0.6 is 11.6 Å². The standard InChI is InChI=1S/C15H25ClN2/c1-4-11-17-15(10-12-18(3)5-2)13-8-6-7-9-14(13)16/h6-9,15,17H,4-5,10-12H2,1-3H3. The minimum atomic E-state index is 0.354. The van der Waals surface area contributed by atoms with Gasteiger partial charge in [-0.1, -0.05) is 43.6 Å². The molecular formula is C15H25ClN2. The van der Waals surface area contributed by atoms with Gasteiger partial charge in [0.2, 0.25) is 0 Å². The van der Waals surface area contributed by atoms with Gasteiger partial charge in [-0.15, -0.1) is 0 Å². The molecule has 3 heteroatoms. The zero-order chi connectivity index (χ0) is 13.4. The largest absolute Gasteiger partial charge is 0.310 e. The van der Waals surface area contributed by atoms with E-state index in [0.29, 0.717) is 6.04 Å². The predicted molar refractivity (Wildman–Crippen MR) is 80.3 cm³/mol. The van der Waals surface area contributed by atoms with Crippen molar-refractivity contribution in [3.63, 3.8) is 0 Å². The monoisotopic (exact) mass is 268 g/mol. The number of benzene rings is 1. The lowest BCUT2D eigenvalue weighted by Gasteiger charge is -2.23. The lowest BCUT2D eigenvalue weighted by Crippen LogP contribution is -2.28. The quantitative estimate of drug-likeness (QED) is 0.773. The van der Waals surface area contributed by atoms with Crippen LogP contribution < -0.4 is 5.32 Å². The van der Waals surface area contributed by atoms with Crippen molar-refractivity contribution in [2.75, 3.05) is 26.7 Å². The van der Waals surface area contributed by atoms with Gasteiger partial charge in [-0.25, -0.2) is 0 Å². The van der Waals surface area contributed by atoms with Crippen LogP contribution in [0.2, 0.25) is 5.02 Å². The van der Waals surface area contributed by atoms with Crippen molar-refractivity contribution in [2.24, 2.45) is 0 Å². The van der Waals surface area contributed by atoms with E-state index in [1.807, 2.05) is 12.1 Å². The van der Waals surface area contributed by atoms with E-state index < -0.39 is 0 Å². The summed E-state index contributed by atoms with van der Waals surface area (Å²) in [6.45, 7) is 7.58. The number of hydrogen-bond donors (Lipinski definition) is 1. The van der Waals surface area contributed by atoms with Gasteiger partial charge in [0.1, 0.15) is 0 Å². The molecule has 0 saturated carbocycles. The molecule has 1 unspecified atom stereocenters. The Bertz CT molecular complexity index is 341. The number of rotatable bonds is 8. The van der Waals surface area contributed by atoms with Crippen LogP contribution in [0.4, 0.5) is 0 Å². The first kappa shape index (κ1) is 15.5. The van der Waals surface area contributed by atoms with Gasteiger partial charge in [0.25, 0.3) is 0 Å². The molecule has 0 bridgehead atoms. The third-order valence-electron chi connectivity index (χ3n) is 3.26. The Morgan fingerprint density at radius 1 is 1.28 bits per heavy atom. The summed E-state index contributed by atoms with van der Waals surface area (Å²) >= 11 is 6.29. The van der Waals surface area contributed by atoms with E-state index >= 15 is 0 Å². The van der Waals surface area contributed by atoms with Gasteiger partial charge in [0, 0.05) is 11.1 Å². The average Bonchev–Trinajstić information content (AvgIpc) is 2.39. The molecule has 1 aromatic carbocycles. The van der Waals surface area contributed by atoms with Crippen molar-refractivity contribution in [1.29, 1.82) is 0 Å². The SMILES string of the molecule is CCCNC(CCN(C)CC)c1ccccc1Cl.